The number of carbonyl (C=O) groups is 3. The molecule has 0 saturated carbocycles. The highest BCUT2D eigenvalue weighted by molar-refractivity contribution is 7.91. The minimum absolute atomic E-state index is 0.0272. The number of nitrogens with one attached hydrogen (secondary N) is 2. The van der Waals surface area contributed by atoms with Crippen molar-refractivity contribution in [3.8, 4) is 22.6 Å². The second kappa shape index (κ2) is 17.4. The molecule has 0 heterocycles. The SMILES string of the molecule is COc1cc(-c2ccc(NN=C3C(=O)C=Cc4cc(S(=O)(=O)O)ccc43)c(OC)c2)ccc1NN=C1C(=O)c2ccc(N)c(N=Nc3ccc([N+](=O)[O-])cc3C(=O)O)c2C=C1S(=O)(=O)O. The van der Waals surface area contributed by atoms with Crippen LogP contribution in [0.2, 0.25) is 0 Å². The molecule has 22 nitrogen and oxygen atoms in total. The fourth-order valence-electron chi connectivity index (χ4n) is 6.53. The smallest absolute Gasteiger partial charge is 0.338 e. The summed E-state index contributed by atoms with van der Waals surface area (Å²) in [7, 11) is -6.91. The van der Waals surface area contributed by atoms with E-state index in [2.05, 4.69) is 31.3 Å². The summed E-state index contributed by atoms with van der Waals surface area (Å²) in [5.74, 6) is -2.56. The van der Waals surface area contributed by atoms with Gasteiger partial charge in [-0.3, -0.25) is 39.7 Å². The molecule has 0 atom stereocenters. The fourth-order valence-corrected chi connectivity index (χ4v) is 7.69. The van der Waals surface area contributed by atoms with Gasteiger partial charge in [0, 0.05) is 28.8 Å². The molecule has 0 saturated heterocycles. The highest BCUT2D eigenvalue weighted by atomic mass is 32.2. The van der Waals surface area contributed by atoms with E-state index >= 15 is 0 Å². The maximum Gasteiger partial charge on any atom is 0.338 e. The molecule has 0 radical (unpaired) electrons. The molecule has 0 aromatic heterocycles. The Labute approximate surface area is 366 Å². The number of methoxy groups -OCH3 is 2. The van der Waals surface area contributed by atoms with Gasteiger partial charge in [0.05, 0.1) is 46.7 Å². The van der Waals surface area contributed by atoms with Gasteiger partial charge in [-0.2, -0.15) is 27.0 Å². The van der Waals surface area contributed by atoms with Gasteiger partial charge >= 0.3 is 5.97 Å². The molecule has 5 aromatic carbocycles. The van der Waals surface area contributed by atoms with E-state index in [9.17, 15) is 55.5 Å². The van der Waals surface area contributed by atoms with Crippen molar-refractivity contribution in [2.75, 3.05) is 30.8 Å². The Kier molecular flexibility index (Phi) is 11.9. The van der Waals surface area contributed by atoms with Gasteiger partial charge in [0.25, 0.3) is 25.9 Å². The minimum atomic E-state index is -5.17. The predicted molar refractivity (Wildman–Crippen MR) is 235 cm³/mol. The van der Waals surface area contributed by atoms with E-state index in [1.807, 2.05) is 0 Å². The number of allylic oxidation sites excluding steroid dienone is 2. The van der Waals surface area contributed by atoms with E-state index in [0.29, 0.717) is 33.7 Å². The van der Waals surface area contributed by atoms with Crippen molar-refractivity contribution in [2.45, 2.75) is 4.90 Å². The zero-order chi connectivity index (χ0) is 47.0. The number of ether oxygens (including phenoxy) is 2. The summed E-state index contributed by atoms with van der Waals surface area (Å²) in [5, 5.41) is 36.9. The molecule has 0 amide bonds. The number of azo groups is 1. The lowest BCUT2D eigenvalue weighted by Gasteiger charge is -2.18. The Morgan fingerprint density at radius 2 is 1.37 bits per heavy atom. The number of carboxylic acid groups (broad SMARTS) is 1. The number of carboxylic acids is 1. The van der Waals surface area contributed by atoms with Gasteiger partial charge in [-0.1, -0.05) is 24.3 Å². The number of ketones is 2. The van der Waals surface area contributed by atoms with Crippen LogP contribution >= 0.6 is 0 Å². The van der Waals surface area contributed by atoms with Gasteiger partial charge in [-0.05, 0) is 83.4 Å². The summed E-state index contributed by atoms with van der Waals surface area (Å²) in [6, 6.07) is 18.7. The normalized spacial score (nSPS) is 14.8. The van der Waals surface area contributed by atoms with Crippen molar-refractivity contribution < 1.29 is 59.8 Å². The number of nitrogen functional groups attached to an aromatic ring is 1. The first-order valence-corrected chi connectivity index (χ1v) is 21.2. The molecular formula is C41H30N8O14S2. The Balaban J connectivity index is 1.16. The lowest BCUT2D eigenvalue weighted by atomic mass is 9.92. The number of carbonyl (C=O) groups excluding carboxylic acids is 2. The highest BCUT2D eigenvalue weighted by Gasteiger charge is 2.35. The minimum Gasteiger partial charge on any atom is -0.494 e. The zero-order valence-corrected chi connectivity index (χ0v) is 34.9. The molecule has 7 N–H and O–H groups in total. The van der Waals surface area contributed by atoms with Crippen LogP contribution in [0.1, 0.15) is 37.4 Å². The summed E-state index contributed by atoms with van der Waals surface area (Å²) < 4.78 is 79.5. The van der Waals surface area contributed by atoms with Crippen molar-refractivity contribution in [1.82, 2.24) is 0 Å². The molecule has 0 bridgehead atoms. The average molecular weight is 923 g/mol. The molecule has 24 heteroatoms. The quantitative estimate of drug-likeness (QED) is 0.0240. The van der Waals surface area contributed by atoms with Crippen molar-refractivity contribution in [3.05, 3.63) is 134 Å². The predicted octanol–water partition coefficient (Wildman–Crippen LogP) is 6.53. The number of aromatic carboxylic acids is 1. The molecule has 2 aliphatic rings. The Bertz CT molecular complexity index is 3310. The molecule has 0 spiro atoms. The number of hydrogen-bond donors (Lipinski definition) is 6. The van der Waals surface area contributed by atoms with Gasteiger partial charge in [0.15, 0.2) is 5.71 Å². The first-order chi connectivity index (χ1) is 30.8. The summed E-state index contributed by atoms with van der Waals surface area (Å²) in [4.78, 5) is 47.5. The first kappa shape index (κ1) is 44.6. The number of nitro groups is 1. The second-order valence-electron chi connectivity index (χ2n) is 13.6. The molecule has 0 fully saturated rings. The second-order valence-corrected chi connectivity index (χ2v) is 16.4. The van der Waals surface area contributed by atoms with Crippen molar-refractivity contribution >= 4 is 95.5 Å². The van der Waals surface area contributed by atoms with Crippen LogP contribution in [0.4, 0.5) is 34.1 Å². The number of benzene rings is 5. The third-order valence-corrected chi connectivity index (χ3v) is 11.4. The number of hydrogen-bond acceptors (Lipinski definition) is 18. The number of anilines is 3. The Morgan fingerprint density at radius 1 is 0.754 bits per heavy atom. The van der Waals surface area contributed by atoms with Crippen LogP contribution in [0.25, 0.3) is 23.3 Å². The van der Waals surface area contributed by atoms with Crippen LogP contribution in [0.5, 0.6) is 11.5 Å². The number of nitrogens with two attached hydrogens (primary N) is 1. The topological polar surface area (TPSA) is 341 Å². The Morgan fingerprint density at radius 3 is 1.94 bits per heavy atom. The zero-order valence-electron chi connectivity index (χ0n) is 33.3. The van der Waals surface area contributed by atoms with Crippen molar-refractivity contribution in [3.63, 3.8) is 0 Å². The maximum absolute atomic E-state index is 13.9. The first-order valence-electron chi connectivity index (χ1n) is 18.3. The standard InChI is InChI=1S/C41H30N8O14S2/c1-62-34-16-20(3-11-31(34)44-47-38-25-8-7-24(64(56,57)58)15-22(25)5-14-33(38)50)21-4-12-32(35(17-21)63-2)45-48-39-36(65(59,60)61)19-27-26(40(39)51)9-10-29(42)37(27)46-43-30-13-6-23(49(54)55)18-28(30)41(52)53/h3-19,44-45H,42H2,1-2H3,(H,52,53)(H,56,57,58)(H,59,60,61). The van der Waals surface area contributed by atoms with E-state index in [-0.39, 0.29) is 50.2 Å². The number of fused-ring (bicyclic) bond motifs is 2. The number of hydrazone groups is 2. The number of Topliss-reactive ketones (excluding diaryl/α,β-unsaturated/α-hetero) is 1. The molecule has 5 aromatic rings. The highest BCUT2D eigenvalue weighted by Crippen LogP contribution is 2.39. The molecule has 65 heavy (non-hydrogen) atoms. The van der Waals surface area contributed by atoms with Crippen LogP contribution in [-0.4, -0.2) is 79.1 Å². The number of non-ortho nitro benzene ring substituents is 1. The lowest BCUT2D eigenvalue weighted by molar-refractivity contribution is -0.384. The van der Waals surface area contributed by atoms with Crippen LogP contribution in [0, 0.1) is 10.1 Å². The summed E-state index contributed by atoms with van der Waals surface area (Å²) in [6.45, 7) is 0. The van der Waals surface area contributed by atoms with Gasteiger partial charge in [-0.15, -0.1) is 10.2 Å². The van der Waals surface area contributed by atoms with Crippen LogP contribution in [0.3, 0.4) is 0 Å². The van der Waals surface area contributed by atoms with Gasteiger partial charge in [-0.25, -0.2) is 4.79 Å². The van der Waals surface area contributed by atoms with E-state index < -0.39 is 64.6 Å². The van der Waals surface area contributed by atoms with E-state index in [1.165, 1.54) is 56.7 Å². The fraction of sp³-hybridized carbons (Fsp3) is 0.0488. The van der Waals surface area contributed by atoms with Gasteiger partial charge in [0.2, 0.25) is 11.6 Å². The number of nitrogens with zero attached hydrogens (tertiary/aromatic N) is 5. The van der Waals surface area contributed by atoms with Gasteiger partial charge < -0.3 is 20.3 Å². The largest absolute Gasteiger partial charge is 0.494 e. The number of rotatable bonds is 13. The van der Waals surface area contributed by atoms with Crippen LogP contribution < -0.4 is 26.1 Å². The molecule has 0 unspecified atom stereocenters. The van der Waals surface area contributed by atoms with Gasteiger partial charge in [0.1, 0.15) is 33.5 Å². The molecular weight excluding hydrogens is 893 g/mol. The van der Waals surface area contributed by atoms with Crippen molar-refractivity contribution in [2.24, 2.45) is 20.4 Å². The molecule has 330 valence electrons. The number of nitro benzene ring substituents is 1. The van der Waals surface area contributed by atoms with Crippen LogP contribution in [-0.2, 0) is 25.0 Å². The lowest BCUT2D eigenvalue weighted by Crippen LogP contribution is -2.27. The van der Waals surface area contributed by atoms with E-state index in [0.717, 1.165) is 30.3 Å². The maximum atomic E-state index is 13.9. The summed E-state index contributed by atoms with van der Waals surface area (Å²) in [6.07, 6.45) is 3.50. The summed E-state index contributed by atoms with van der Waals surface area (Å²) >= 11 is 0. The summed E-state index contributed by atoms with van der Waals surface area (Å²) in [5.41, 5.74) is 10.9. The third kappa shape index (κ3) is 9.07. The Hall–Kier alpha value is -8.45. The molecule has 0 aliphatic heterocycles. The van der Waals surface area contributed by atoms with E-state index in [4.69, 9.17) is 15.2 Å². The molecule has 2 aliphatic carbocycles. The van der Waals surface area contributed by atoms with E-state index in [1.54, 1.807) is 30.3 Å². The third-order valence-electron chi connectivity index (χ3n) is 9.71. The average Bonchev–Trinajstić information content (AvgIpc) is 3.26. The molecule has 7 rings (SSSR count). The van der Waals surface area contributed by atoms with Crippen molar-refractivity contribution in [1.29, 1.82) is 0 Å². The monoisotopic (exact) mass is 922 g/mol. The van der Waals surface area contributed by atoms with Crippen LogP contribution in [0.15, 0.2) is 121 Å².